The highest BCUT2D eigenvalue weighted by Crippen LogP contribution is 2.26. The first-order valence-electron chi connectivity index (χ1n) is 5.88. The maximum absolute atomic E-state index is 13.7. The van der Waals surface area contributed by atoms with E-state index in [9.17, 15) is 9.18 Å². The molecule has 1 saturated heterocycles. The highest BCUT2D eigenvalue weighted by atomic mass is 35.5. The van der Waals surface area contributed by atoms with Crippen LogP contribution in [0.5, 0.6) is 0 Å². The van der Waals surface area contributed by atoms with Gasteiger partial charge in [0, 0.05) is 18.5 Å². The number of benzene rings is 1. The van der Waals surface area contributed by atoms with Gasteiger partial charge in [-0.2, -0.15) is 0 Å². The standard InChI is InChI=1S/C13H14Cl2FNO/c1-8-7-17(6-5-9(8)14)13(18)12-10(15)3-2-4-11(12)16/h2-4,8-9H,5-7H2,1H3. The lowest BCUT2D eigenvalue weighted by Crippen LogP contribution is -2.43. The van der Waals surface area contributed by atoms with E-state index in [0.29, 0.717) is 13.1 Å². The molecule has 1 aliphatic heterocycles. The van der Waals surface area contributed by atoms with Gasteiger partial charge in [-0.25, -0.2) is 4.39 Å². The molecule has 0 aromatic heterocycles. The smallest absolute Gasteiger partial charge is 0.258 e. The Bertz CT molecular complexity index is 446. The molecule has 5 heteroatoms. The van der Waals surface area contributed by atoms with Gasteiger partial charge in [-0.3, -0.25) is 4.79 Å². The van der Waals surface area contributed by atoms with Crippen molar-refractivity contribution in [2.45, 2.75) is 18.7 Å². The Morgan fingerprint density at radius 1 is 1.50 bits per heavy atom. The number of hydrogen-bond donors (Lipinski definition) is 0. The van der Waals surface area contributed by atoms with Crippen LogP contribution in [-0.2, 0) is 0 Å². The minimum Gasteiger partial charge on any atom is -0.338 e. The van der Waals surface area contributed by atoms with Gasteiger partial charge in [-0.05, 0) is 24.5 Å². The maximum atomic E-state index is 13.7. The number of likely N-dealkylation sites (tertiary alicyclic amines) is 1. The quantitative estimate of drug-likeness (QED) is 0.724. The molecule has 0 spiro atoms. The van der Waals surface area contributed by atoms with Crippen LogP contribution in [0.2, 0.25) is 5.02 Å². The van der Waals surface area contributed by atoms with Crippen molar-refractivity contribution >= 4 is 29.1 Å². The fourth-order valence-electron chi connectivity index (χ4n) is 2.16. The van der Waals surface area contributed by atoms with Crippen LogP contribution in [0.4, 0.5) is 4.39 Å². The average molecular weight is 290 g/mol. The first kappa shape index (κ1) is 13.6. The Kier molecular flexibility index (Phi) is 4.13. The average Bonchev–Trinajstić information content (AvgIpc) is 2.32. The number of carbonyl (C=O) groups is 1. The van der Waals surface area contributed by atoms with Crippen LogP contribution in [0.15, 0.2) is 18.2 Å². The summed E-state index contributed by atoms with van der Waals surface area (Å²) in [7, 11) is 0. The molecule has 1 heterocycles. The zero-order valence-corrected chi connectivity index (χ0v) is 11.5. The maximum Gasteiger partial charge on any atom is 0.258 e. The summed E-state index contributed by atoms with van der Waals surface area (Å²) in [6.07, 6.45) is 0.723. The summed E-state index contributed by atoms with van der Waals surface area (Å²) in [4.78, 5) is 13.9. The molecule has 1 aromatic carbocycles. The molecule has 1 aliphatic rings. The fraction of sp³-hybridized carbons (Fsp3) is 0.462. The summed E-state index contributed by atoms with van der Waals surface area (Å²) in [6, 6.07) is 4.26. The Balaban J connectivity index is 2.22. The first-order chi connectivity index (χ1) is 8.50. The summed E-state index contributed by atoms with van der Waals surface area (Å²) in [5.74, 6) is -0.725. The minimum atomic E-state index is -0.576. The summed E-state index contributed by atoms with van der Waals surface area (Å²) in [6.45, 7) is 3.07. The van der Waals surface area contributed by atoms with Crippen molar-refractivity contribution in [3.8, 4) is 0 Å². The van der Waals surface area contributed by atoms with Crippen molar-refractivity contribution in [1.29, 1.82) is 0 Å². The Labute approximate surface area is 116 Å². The van der Waals surface area contributed by atoms with E-state index in [-0.39, 0.29) is 27.8 Å². The lowest BCUT2D eigenvalue weighted by atomic mass is 9.99. The van der Waals surface area contributed by atoms with Gasteiger partial charge in [-0.15, -0.1) is 11.6 Å². The second-order valence-corrected chi connectivity index (χ2v) is 5.60. The molecule has 1 amide bonds. The summed E-state index contributed by atoms with van der Waals surface area (Å²) in [5, 5.41) is 0.228. The van der Waals surface area contributed by atoms with E-state index >= 15 is 0 Å². The Morgan fingerprint density at radius 3 is 2.83 bits per heavy atom. The van der Waals surface area contributed by atoms with E-state index in [2.05, 4.69) is 0 Å². The molecule has 2 nitrogen and oxygen atoms in total. The van der Waals surface area contributed by atoms with Crippen molar-refractivity contribution in [2.75, 3.05) is 13.1 Å². The number of alkyl halides is 1. The van der Waals surface area contributed by atoms with Crippen molar-refractivity contribution in [2.24, 2.45) is 5.92 Å². The highest BCUT2D eigenvalue weighted by molar-refractivity contribution is 6.33. The first-order valence-corrected chi connectivity index (χ1v) is 6.69. The highest BCUT2D eigenvalue weighted by Gasteiger charge is 2.29. The third kappa shape index (κ3) is 2.62. The zero-order valence-electron chi connectivity index (χ0n) is 10.00. The van der Waals surface area contributed by atoms with E-state index in [1.165, 1.54) is 18.2 Å². The van der Waals surface area contributed by atoms with Crippen LogP contribution < -0.4 is 0 Å². The Morgan fingerprint density at radius 2 is 2.22 bits per heavy atom. The van der Waals surface area contributed by atoms with Crippen LogP contribution in [0.25, 0.3) is 0 Å². The van der Waals surface area contributed by atoms with Crippen LogP contribution in [0, 0.1) is 11.7 Å². The summed E-state index contributed by atoms with van der Waals surface area (Å²) >= 11 is 12.0. The number of halogens is 3. The third-order valence-corrected chi connectivity index (χ3v) is 4.23. The molecule has 0 radical (unpaired) electrons. The van der Waals surface area contributed by atoms with E-state index in [0.717, 1.165) is 6.42 Å². The van der Waals surface area contributed by atoms with Gasteiger partial charge < -0.3 is 4.90 Å². The van der Waals surface area contributed by atoms with Crippen LogP contribution in [-0.4, -0.2) is 29.3 Å². The zero-order chi connectivity index (χ0) is 13.3. The van der Waals surface area contributed by atoms with Gasteiger partial charge >= 0.3 is 0 Å². The topological polar surface area (TPSA) is 20.3 Å². The molecule has 0 bridgehead atoms. The number of rotatable bonds is 1. The molecule has 1 aromatic rings. The van der Waals surface area contributed by atoms with Crippen molar-refractivity contribution < 1.29 is 9.18 Å². The lowest BCUT2D eigenvalue weighted by molar-refractivity contribution is 0.0682. The van der Waals surface area contributed by atoms with E-state index in [1.54, 1.807) is 4.90 Å². The summed E-state index contributed by atoms with van der Waals surface area (Å²) < 4.78 is 13.7. The largest absolute Gasteiger partial charge is 0.338 e. The number of carbonyl (C=O) groups excluding carboxylic acids is 1. The fourth-order valence-corrected chi connectivity index (χ4v) is 2.58. The lowest BCUT2D eigenvalue weighted by Gasteiger charge is -2.34. The van der Waals surface area contributed by atoms with Gasteiger partial charge in [0.05, 0.1) is 10.6 Å². The molecule has 2 rings (SSSR count). The van der Waals surface area contributed by atoms with Crippen molar-refractivity contribution in [1.82, 2.24) is 4.90 Å². The van der Waals surface area contributed by atoms with Crippen LogP contribution in [0.1, 0.15) is 23.7 Å². The normalized spacial score (nSPS) is 24.1. The molecule has 0 aliphatic carbocycles. The molecule has 0 saturated carbocycles. The predicted molar refractivity (Wildman–Crippen MR) is 70.7 cm³/mol. The summed E-state index contributed by atoms with van der Waals surface area (Å²) in [5.41, 5.74) is -0.0422. The van der Waals surface area contributed by atoms with Gasteiger partial charge in [-0.1, -0.05) is 24.6 Å². The molecular weight excluding hydrogens is 276 g/mol. The van der Waals surface area contributed by atoms with Gasteiger partial charge in [0.15, 0.2) is 0 Å². The number of hydrogen-bond acceptors (Lipinski definition) is 1. The molecule has 98 valence electrons. The van der Waals surface area contributed by atoms with Gasteiger partial charge in [0.1, 0.15) is 5.82 Å². The molecule has 1 fully saturated rings. The second-order valence-electron chi connectivity index (χ2n) is 4.63. The SMILES string of the molecule is CC1CN(C(=O)c2c(F)cccc2Cl)CCC1Cl. The van der Waals surface area contributed by atoms with Crippen LogP contribution in [0.3, 0.4) is 0 Å². The molecule has 18 heavy (non-hydrogen) atoms. The number of amides is 1. The third-order valence-electron chi connectivity index (χ3n) is 3.26. The second kappa shape index (κ2) is 5.45. The number of nitrogens with zero attached hydrogens (tertiary/aromatic N) is 1. The molecule has 2 unspecified atom stereocenters. The van der Waals surface area contributed by atoms with Crippen LogP contribution >= 0.6 is 23.2 Å². The monoisotopic (exact) mass is 289 g/mol. The minimum absolute atomic E-state index is 0.0422. The van der Waals surface area contributed by atoms with E-state index in [1.807, 2.05) is 6.92 Å². The van der Waals surface area contributed by atoms with Gasteiger partial charge in [0.2, 0.25) is 0 Å². The predicted octanol–water partition coefficient (Wildman–Crippen LogP) is 3.57. The van der Waals surface area contributed by atoms with E-state index < -0.39 is 5.82 Å². The molecule has 2 atom stereocenters. The van der Waals surface area contributed by atoms with Crippen molar-refractivity contribution in [3.05, 3.63) is 34.6 Å². The number of piperidine rings is 1. The van der Waals surface area contributed by atoms with Crippen molar-refractivity contribution in [3.63, 3.8) is 0 Å². The van der Waals surface area contributed by atoms with E-state index in [4.69, 9.17) is 23.2 Å². The molecular formula is C13H14Cl2FNO. The molecule has 0 N–H and O–H groups in total. The Hall–Kier alpha value is -0.800. The van der Waals surface area contributed by atoms with Gasteiger partial charge in [0.25, 0.3) is 5.91 Å².